The Kier molecular flexibility index (Phi) is 5.20. The van der Waals surface area contributed by atoms with Gasteiger partial charge in [0.1, 0.15) is 0 Å². The Balaban J connectivity index is 1.63. The van der Waals surface area contributed by atoms with Crippen LogP contribution in [-0.2, 0) is 16.0 Å². The molecule has 2 heterocycles. The molecule has 0 saturated carbocycles. The minimum Gasteiger partial charge on any atom is -0.376 e. The van der Waals surface area contributed by atoms with Crippen LogP contribution in [0.3, 0.4) is 0 Å². The summed E-state index contributed by atoms with van der Waals surface area (Å²) in [6, 6.07) is 15.4. The van der Waals surface area contributed by atoms with E-state index in [1.165, 1.54) is 11.3 Å². The number of aromatic nitrogens is 1. The van der Waals surface area contributed by atoms with Crippen LogP contribution in [-0.4, -0.2) is 30.1 Å². The van der Waals surface area contributed by atoms with Gasteiger partial charge in [-0.15, -0.1) is 0 Å². The summed E-state index contributed by atoms with van der Waals surface area (Å²) in [7, 11) is 0. The van der Waals surface area contributed by atoms with E-state index in [-0.39, 0.29) is 18.4 Å². The first-order chi connectivity index (χ1) is 12.7. The lowest BCUT2D eigenvalue weighted by Crippen LogP contribution is -2.38. The highest BCUT2D eigenvalue weighted by molar-refractivity contribution is 7.22. The Bertz CT molecular complexity index is 888. The van der Waals surface area contributed by atoms with Crippen LogP contribution in [0.25, 0.3) is 10.2 Å². The number of nitrogens with zero attached hydrogens (tertiary/aromatic N) is 2. The van der Waals surface area contributed by atoms with Crippen LogP contribution in [0.1, 0.15) is 18.4 Å². The molecule has 0 aliphatic carbocycles. The number of halogens is 1. The highest BCUT2D eigenvalue weighted by Gasteiger charge is 2.26. The number of thiazole rings is 1. The summed E-state index contributed by atoms with van der Waals surface area (Å²) >= 11 is 7.78. The van der Waals surface area contributed by atoms with Gasteiger partial charge in [0.15, 0.2) is 5.13 Å². The first kappa shape index (κ1) is 17.5. The van der Waals surface area contributed by atoms with Crippen molar-refractivity contribution in [3.05, 3.63) is 59.1 Å². The van der Waals surface area contributed by atoms with Crippen LogP contribution in [0.15, 0.2) is 48.5 Å². The Morgan fingerprint density at radius 2 is 2.04 bits per heavy atom. The number of fused-ring (bicyclic) bond motifs is 1. The van der Waals surface area contributed by atoms with Gasteiger partial charge in [-0.1, -0.05) is 53.3 Å². The van der Waals surface area contributed by atoms with Crippen molar-refractivity contribution in [2.24, 2.45) is 0 Å². The van der Waals surface area contributed by atoms with Crippen molar-refractivity contribution in [1.82, 2.24) is 4.98 Å². The molecule has 1 saturated heterocycles. The molecule has 0 bridgehead atoms. The Morgan fingerprint density at radius 1 is 1.23 bits per heavy atom. The van der Waals surface area contributed by atoms with Crippen LogP contribution in [0, 0.1) is 0 Å². The average Bonchev–Trinajstić information content (AvgIpc) is 3.30. The summed E-state index contributed by atoms with van der Waals surface area (Å²) < 4.78 is 6.83. The highest BCUT2D eigenvalue weighted by Crippen LogP contribution is 2.30. The van der Waals surface area contributed by atoms with Gasteiger partial charge in [0.05, 0.1) is 29.3 Å². The van der Waals surface area contributed by atoms with Gasteiger partial charge < -0.3 is 4.74 Å². The third-order valence-corrected chi connectivity index (χ3v) is 5.95. The molecule has 1 aliphatic heterocycles. The Hall–Kier alpha value is -1.95. The number of amides is 1. The van der Waals surface area contributed by atoms with E-state index in [9.17, 15) is 4.79 Å². The maximum Gasteiger partial charge on any atom is 0.233 e. The molecule has 4 nitrogen and oxygen atoms in total. The Morgan fingerprint density at radius 3 is 2.81 bits per heavy atom. The zero-order valence-electron chi connectivity index (χ0n) is 14.2. The summed E-state index contributed by atoms with van der Waals surface area (Å²) in [6.45, 7) is 1.29. The maximum atomic E-state index is 13.1. The molecule has 0 spiro atoms. The minimum atomic E-state index is -0.00680. The number of rotatable bonds is 5. The van der Waals surface area contributed by atoms with Gasteiger partial charge in [-0.2, -0.15) is 0 Å². The molecule has 2 aromatic carbocycles. The van der Waals surface area contributed by atoms with E-state index in [2.05, 4.69) is 4.98 Å². The maximum absolute atomic E-state index is 13.1. The van der Waals surface area contributed by atoms with E-state index in [1.54, 1.807) is 4.90 Å². The predicted molar refractivity (Wildman–Crippen MR) is 106 cm³/mol. The van der Waals surface area contributed by atoms with Gasteiger partial charge in [-0.3, -0.25) is 9.69 Å². The summed E-state index contributed by atoms with van der Waals surface area (Å²) in [5.41, 5.74) is 1.74. The quantitative estimate of drug-likeness (QED) is 0.638. The standard InChI is InChI=1S/C20H19ClN2O2S/c21-16-8-2-1-6-14(16)12-19(24)23(13-15-7-5-11-25-15)20-22-17-9-3-4-10-18(17)26-20/h1-4,6,8-10,15H,5,7,11-13H2. The van der Waals surface area contributed by atoms with Crippen LogP contribution < -0.4 is 4.90 Å². The number of benzene rings is 2. The molecular weight excluding hydrogens is 368 g/mol. The number of hydrogen-bond acceptors (Lipinski definition) is 4. The van der Waals surface area contributed by atoms with Crippen molar-refractivity contribution < 1.29 is 9.53 Å². The number of carbonyl (C=O) groups excluding carboxylic acids is 1. The van der Waals surface area contributed by atoms with Crippen LogP contribution in [0.2, 0.25) is 5.02 Å². The molecule has 134 valence electrons. The minimum absolute atomic E-state index is 0.00680. The van der Waals surface area contributed by atoms with Gasteiger partial charge in [0.2, 0.25) is 5.91 Å². The number of carbonyl (C=O) groups is 1. The van der Waals surface area contributed by atoms with Crippen molar-refractivity contribution in [2.45, 2.75) is 25.4 Å². The number of ether oxygens (including phenoxy) is 1. The molecule has 26 heavy (non-hydrogen) atoms. The Labute approximate surface area is 161 Å². The first-order valence-electron chi connectivity index (χ1n) is 8.71. The van der Waals surface area contributed by atoms with E-state index >= 15 is 0 Å². The van der Waals surface area contributed by atoms with Crippen molar-refractivity contribution >= 4 is 44.2 Å². The normalized spacial score (nSPS) is 16.9. The molecule has 1 unspecified atom stereocenters. The summed E-state index contributed by atoms with van der Waals surface area (Å²) in [5, 5.41) is 1.33. The lowest BCUT2D eigenvalue weighted by Gasteiger charge is -2.23. The number of para-hydroxylation sites is 1. The van der Waals surface area contributed by atoms with E-state index in [0.29, 0.717) is 11.6 Å². The van der Waals surface area contributed by atoms with Crippen molar-refractivity contribution in [3.63, 3.8) is 0 Å². The second-order valence-corrected chi connectivity index (χ2v) is 7.79. The lowest BCUT2D eigenvalue weighted by atomic mass is 10.1. The van der Waals surface area contributed by atoms with Crippen molar-refractivity contribution in [2.75, 3.05) is 18.1 Å². The summed E-state index contributed by atoms with van der Waals surface area (Å²) in [4.78, 5) is 19.6. The average molecular weight is 387 g/mol. The molecule has 4 rings (SSSR count). The second kappa shape index (κ2) is 7.74. The van der Waals surface area contributed by atoms with Crippen LogP contribution in [0.5, 0.6) is 0 Å². The summed E-state index contributed by atoms with van der Waals surface area (Å²) in [6.07, 6.45) is 2.33. The predicted octanol–water partition coefficient (Wildman–Crippen LogP) is 4.70. The van der Waals surface area contributed by atoms with Gasteiger partial charge in [0.25, 0.3) is 0 Å². The molecule has 0 radical (unpaired) electrons. The van der Waals surface area contributed by atoms with E-state index in [1.807, 2.05) is 48.5 Å². The number of hydrogen-bond donors (Lipinski definition) is 0. The number of anilines is 1. The second-order valence-electron chi connectivity index (χ2n) is 6.37. The fourth-order valence-corrected chi connectivity index (χ4v) is 4.35. The molecule has 1 fully saturated rings. The molecule has 1 aromatic heterocycles. The fraction of sp³-hybridized carbons (Fsp3) is 0.300. The fourth-order valence-electron chi connectivity index (χ4n) is 3.15. The van der Waals surface area contributed by atoms with Gasteiger partial charge in [-0.25, -0.2) is 4.98 Å². The van der Waals surface area contributed by atoms with Crippen LogP contribution >= 0.6 is 22.9 Å². The monoisotopic (exact) mass is 386 g/mol. The van der Waals surface area contributed by atoms with Crippen molar-refractivity contribution in [3.8, 4) is 0 Å². The topological polar surface area (TPSA) is 42.4 Å². The zero-order chi connectivity index (χ0) is 17.9. The highest BCUT2D eigenvalue weighted by atomic mass is 35.5. The van der Waals surface area contributed by atoms with Crippen LogP contribution in [0.4, 0.5) is 5.13 Å². The molecule has 0 N–H and O–H groups in total. The molecular formula is C20H19ClN2O2S. The molecule has 1 aliphatic rings. The molecule has 6 heteroatoms. The van der Waals surface area contributed by atoms with Gasteiger partial charge >= 0.3 is 0 Å². The molecule has 1 atom stereocenters. The van der Waals surface area contributed by atoms with E-state index in [0.717, 1.165) is 40.4 Å². The van der Waals surface area contributed by atoms with Gasteiger partial charge in [0, 0.05) is 11.6 Å². The largest absolute Gasteiger partial charge is 0.376 e. The third kappa shape index (κ3) is 3.75. The SMILES string of the molecule is O=C(Cc1ccccc1Cl)N(CC1CCCO1)c1nc2ccccc2s1. The molecule has 1 amide bonds. The smallest absolute Gasteiger partial charge is 0.233 e. The first-order valence-corrected chi connectivity index (χ1v) is 9.91. The van der Waals surface area contributed by atoms with Crippen molar-refractivity contribution in [1.29, 1.82) is 0 Å². The molecule has 3 aromatic rings. The summed E-state index contributed by atoms with van der Waals surface area (Å²) in [5.74, 6) is -0.00680. The van der Waals surface area contributed by atoms with E-state index in [4.69, 9.17) is 16.3 Å². The van der Waals surface area contributed by atoms with Gasteiger partial charge in [-0.05, 0) is 36.6 Å². The van der Waals surface area contributed by atoms with E-state index < -0.39 is 0 Å². The lowest BCUT2D eigenvalue weighted by molar-refractivity contribution is -0.118. The zero-order valence-corrected chi connectivity index (χ0v) is 15.8. The third-order valence-electron chi connectivity index (χ3n) is 4.52.